The summed E-state index contributed by atoms with van der Waals surface area (Å²) in [6.07, 6.45) is 11.2. The molecule has 7 heteroatoms. The second-order valence-electron chi connectivity index (χ2n) is 10.2. The SMILES string of the molecule is O=C(O)N(C1C[C@H]2CCC[C@@H](C1)N2C1C[C@H]2CCC[C@@H](C1)C2)S(=O)(=O)c1ccccc1. The van der Waals surface area contributed by atoms with Crippen LogP contribution in [0.3, 0.4) is 0 Å². The van der Waals surface area contributed by atoms with Gasteiger partial charge in [0, 0.05) is 18.1 Å². The summed E-state index contributed by atoms with van der Waals surface area (Å²) in [4.78, 5) is 15.0. The Morgan fingerprint density at radius 1 is 0.839 bits per heavy atom. The van der Waals surface area contributed by atoms with E-state index < -0.39 is 22.2 Å². The third-order valence-corrected chi connectivity index (χ3v) is 10.2. The predicted molar refractivity (Wildman–Crippen MR) is 118 cm³/mol. The zero-order valence-electron chi connectivity index (χ0n) is 18.1. The van der Waals surface area contributed by atoms with Crippen molar-refractivity contribution in [3.8, 4) is 0 Å². The number of nitrogens with zero attached hydrogens (tertiary/aromatic N) is 2. The molecule has 4 aliphatic rings. The molecule has 6 nitrogen and oxygen atoms in total. The number of amides is 1. The van der Waals surface area contributed by atoms with Crippen LogP contribution in [-0.4, -0.2) is 53.0 Å². The van der Waals surface area contributed by atoms with Gasteiger partial charge in [-0.05, 0) is 68.9 Å². The molecule has 1 N–H and O–H groups in total. The normalized spacial score (nSPS) is 36.0. The van der Waals surface area contributed by atoms with E-state index in [2.05, 4.69) is 4.90 Å². The van der Waals surface area contributed by atoms with E-state index in [1.165, 1.54) is 50.7 Å². The molecule has 2 heterocycles. The van der Waals surface area contributed by atoms with Gasteiger partial charge in [-0.2, -0.15) is 4.31 Å². The average molecular weight is 447 g/mol. The topological polar surface area (TPSA) is 77.9 Å². The summed E-state index contributed by atoms with van der Waals surface area (Å²) in [5.41, 5.74) is 0. The zero-order valence-corrected chi connectivity index (χ0v) is 18.9. The highest BCUT2D eigenvalue weighted by Crippen LogP contribution is 2.46. The number of hydrogen-bond acceptors (Lipinski definition) is 4. The largest absolute Gasteiger partial charge is 0.464 e. The Labute approximate surface area is 185 Å². The van der Waals surface area contributed by atoms with E-state index in [9.17, 15) is 18.3 Å². The van der Waals surface area contributed by atoms with Crippen LogP contribution < -0.4 is 0 Å². The second kappa shape index (κ2) is 8.39. The minimum Gasteiger partial charge on any atom is -0.464 e. The quantitative estimate of drug-likeness (QED) is 0.725. The molecule has 6 atom stereocenters. The van der Waals surface area contributed by atoms with E-state index in [1.807, 2.05) is 0 Å². The molecule has 2 aliphatic heterocycles. The molecule has 2 aliphatic carbocycles. The number of sulfonamides is 1. The van der Waals surface area contributed by atoms with Gasteiger partial charge in [0.15, 0.2) is 0 Å². The summed E-state index contributed by atoms with van der Waals surface area (Å²) in [6, 6.07) is 8.73. The van der Waals surface area contributed by atoms with Crippen LogP contribution in [-0.2, 0) is 10.0 Å². The van der Waals surface area contributed by atoms with Crippen molar-refractivity contribution in [2.24, 2.45) is 11.8 Å². The zero-order chi connectivity index (χ0) is 21.6. The van der Waals surface area contributed by atoms with E-state index in [0.717, 1.165) is 35.4 Å². The average Bonchev–Trinajstić information content (AvgIpc) is 2.73. The van der Waals surface area contributed by atoms with Gasteiger partial charge in [0.05, 0.1) is 10.9 Å². The van der Waals surface area contributed by atoms with Crippen LogP contribution in [0.4, 0.5) is 4.79 Å². The first kappa shape index (κ1) is 21.3. The smallest absolute Gasteiger partial charge is 0.421 e. The third kappa shape index (κ3) is 3.99. The molecule has 0 spiro atoms. The number of carbonyl (C=O) groups is 1. The van der Waals surface area contributed by atoms with Crippen molar-refractivity contribution in [3.05, 3.63) is 30.3 Å². The molecule has 4 fully saturated rings. The number of hydrogen-bond donors (Lipinski definition) is 1. The van der Waals surface area contributed by atoms with E-state index in [1.54, 1.807) is 18.2 Å². The highest BCUT2D eigenvalue weighted by atomic mass is 32.2. The van der Waals surface area contributed by atoms with Crippen LogP contribution in [0.1, 0.15) is 70.6 Å². The summed E-state index contributed by atoms with van der Waals surface area (Å²) >= 11 is 0. The molecule has 2 saturated carbocycles. The second-order valence-corrected chi connectivity index (χ2v) is 12.0. The van der Waals surface area contributed by atoms with Crippen molar-refractivity contribution >= 4 is 16.1 Å². The maximum atomic E-state index is 13.2. The third-order valence-electron chi connectivity index (χ3n) is 8.35. The molecule has 2 saturated heterocycles. The summed E-state index contributed by atoms with van der Waals surface area (Å²) in [5.74, 6) is 1.70. The van der Waals surface area contributed by atoms with Gasteiger partial charge in [-0.3, -0.25) is 4.90 Å². The Bertz CT molecular complexity index is 879. The fraction of sp³-hybridized carbons (Fsp3) is 0.708. The minimum absolute atomic E-state index is 0.0603. The molecule has 2 unspecified atom stereocenters. The maximum absolute atomic E-state index is 13.2. The number of fused-ring (bicyclic) bond motifs is 4. The summed E-state index contributed by atoms with van der Waals surface area (Å²) in [6.45, 7) is 0. The van der Waals surface area contributed by atoms with Gasteiger partial charge < -0.3 is 5.11 Å². The lowest BCUT2D eigenvalue weighted by molar-refractivity contribution is -0.0502. The highest BCUT2D eigenvalue weighted by Gasteiger charge is 2.48. The van der Waals surface area contributed by atoms with E-state index in [0.29, 0.717) is 31.0 Å². The lowest BCUT2D eigenvalue weighted by atomic mass is 9.68. The van der Waals surface area contributed by atoms with Crippen LogP contribution >= 0.6 is 0 Å². The van der Waals surface area contributed by atoms with E-state index in [4.69, 9.17) is 0 Å². The van der Waals surface area contributed by atoms with E-state index in [-0.39, 0.29) is 4.90 Å². The molecule has 31 heavy (non-hydrogen) atoms. The molecule has 1 aromatic rings. The number of benzene rings is 1. The standard InChI is InChI=1S/C24H34N2O4S/c27-24(28)26(31(29,30)23-10-2-1-3-11-23)22-15-19-8-5-9-20(16-22)25(19)21-13-17-6-4-7-18(12-17)14-21/h1-3,10-11,17-22H,4-9,12-16H2,(H,27,28)/t17-,18+,19-,20+,21?,22?. The predicted octanol–water partition coefficient (Wildman–Crippen LogP) is 4.71. The van der Waals surface area contributed by atoms with Crippen LogP contribution in [0.15, 0.2) is 35.2 Å². The maximum Gasteiger partial charge on any atom is 0.421 e. The van der Waals surface area contributed by atoms with Gasteiger partial charge in [-0.1, -0.05) is 43.9 Å². The van der Waals surface area contributed by atoms with Gasteiger partial charge in [0.1, 0.15) is 0 Å². The van der Waals surface area contributed by atoms with Crippen LogP contribution in [0, 0.1) is 11.8 Å². The molecular weight excluding hydrogens is 412 g/mol. The summed E-state index contributed by atoms with van der Waals surface area (Å²) in [5, 5.41) is 9.94. The van der Waals surface area contributed by atoms with Crippen LogP contribution in [0.5, 0.6) is 0 Å². The summed E-state index contributed by atoms with van der Waals surface area (Å²) < 4.78 is 27.3. The van der Waals surface area contributed by atoms with Crippen LogP contribution in [0.25, 0.3) is 0 Å². The van der Waals surface area contributed by atoms with Crippen molar-refractivity contribution in [1.82, 2.24) is 9.21 Å². The lowest BCUT2D eigenvalue weighted by Crippen LogP contribution is -2.62. The van der Waals surface area contributed by atoms with Crippen molar-refractivity contribution < 1.29 is 18.3 Å². The Morgan fingerprint density at radius 3 is 2.00 bits per heavy atom. The molecular formula is C24H34N2O4S. The Morgan fingerprint density at radius 2 is 1.42 bits per heavy atom. The monoisotopic (exact) mass is 446 g/mol. The first-order valence-corrected chi connectivity index (χ1v) is 13.5. The van der Waals surface area contributed by atoms with Gasteiger partial charge >= 0.3 is 6.09 Å². The fourth-order valence-electron chi connectivity index (χ4n) is 7.28. The van der Waals surface area contributed by atoms with Gasteiger partial charge in [-0.25, -0.2) is 13.2 Å². The molecule has 1 aromatic carbocycles. The number of carboxylic acid groups (broad SMARTS) is 1. The number of rotatable bonds is 4. The lowest BCUT2D eigenvalue weighted by Gasteiger charge is -2.56. The minimum atomic E-state index is -4.07. The van der Waals surface area contributed by atoms with Crippen molar-refractivity contribution in [2.75, 3.05) is 0 Å². The molecule has 0 aromatic heterocycles. The number of piperidine rings is 2. The Hall–Kier alpha value is -1.60. The molecule has 170 valence electrons. The van der Waals surface area contributed by atoms with Crippen LogP contribution in [0.2, 0.25) is 0 Å². The molecule has 4 bridgehead atoms. The van der Waals surface area contributed by atoms with Gasteiger partial charge in [-0.15, -0.1) is 0 Å². The highest BCUT2D eigenvalue weighted by molar-refractivity contribution is 7.89. The first-order valence-electron chi connectivity index (χ1n) is 12.0. The molecule has 5 rings (SSSR count). The fourth-order valence-corrected chi connectivity index (χ4v) is 8.78. The van der Waals surface area contributed by atoms with Crippen molar-refractivity contribution in [3.63, 3.8) is 0 Å². The first-order chi connectivity index (χ1) is 14.9. The van der Waals surface area contributed by atoms with Gasteiger partial charge in [0.2, 0.25) is 0 Å². The van der Waals surface area contributed by atoms with Crippen molar-refractivity contribution in [1.29, 1.82) is 0 Å². The van der Waals surface area contributed by atoms with E-state index >= 15 is 0 Å². The molecule has 0 radical (unpaired) electrons. The van der Waals surface area contributed by atoms with Gasteiger partial charge in [0.25, 0.3) is 10.0 Å². The summed E-state index contributed by atoms with van der Waals surface area (Å²) in [7, 11) is -4.07. The molecule has 1 amide bonds. The Balaban J connectivity index is 1.38. The Kier molecular flexibility index (Phi) is 5.76. The van der Waals surface area contributed by atoms with Crippen molar-refractivity contribution in [2.45, 2.75) is 99.7 Å².